The first-order valence-corrected chi connectivity index (χ1v) is 38.7. The van der Waals surface area contributed by atoms with Crippen molar-refractivity contribution in [3.8, 4) is 18.2 Å². The molecule has 0 unspecified atom stereocenters. The molecule has 4 aromatic heterocycles. The van der Waals surface area contributed by atoms with Gasteiger partial charge in [0.15, 0.2) is 0 Å². The molecule has 4 aromatic rings. The van der Waals surface area contributed by atoms with E-state index in [4.69, 9.17) is 32.4 Å². The number of primary amides is 2. The summed E-state index contributed by atoms with van der Waals surface area (Å²) in [5.41, 5.74) is 10.2. The molecule has 636 valence electrons. The first kappa shape index (κ1) is 97.0. The third-order valence-electron chi connectivity index (χ3n) is 22.4. The number of nitrogens with two attached hydrogens (primary N) is 2. The van der Waals surface area contributed by atoms with Crippen molar-refractivity contribution in [2.24, 2.45) is 41.1 Å². The summed E-state index contributed by atoms with van der Waals surface area (Å²) in [7, 11) is -2.33. The van der Waals surface area contributed by atoms with Crippen LogP contribution in [-0.2, 0) is 54.9 Å². The summed E-state index contributed by atoms with van der Waals surface area (Å²) in [5, 5.41) is 87.1. The minimum Gasteiger partial charge on any atom is -0.480 e. The molecular formula is C72H119B3F5N25O10. The van der Waals surface area contributed by atoms with Gasteiger partial charge in [0.25, 0.3) is 0 Å². The highest BCUT2D eigenvalue weighted by Gasteiger charge is 2.44. The first-order chi connectivity index (χ1) is 53.6. The molecule has 10 N–H and O–H groups in total. The number of carbonyl (C=O) groups excluding carboxylic acids is 5. The predicted octanol–water partition coefficient (Wildman–Crippen LogP) is 2.78. The van der Waals surface area contributed by atoms with E-state index in [2.05, 4.69) is 51.0 Å². The van der Waals surface area contributed by atoms with Crippen LogP contribution < -0.4 is 22.1 Å². The number of alkyl halides is 5. The smallest absolute Gasteiger partial charge is 0.377 e. The fraction of sp³-hybridized carbons (Fsp3) is 0.764. The third-order valence-corrected chi connectivity index (χ3v) is 22.4. The lowest BCUT2D eigenvalue weighted by Gasteiger charge is -2.32. The van der Waals surface area contributed by atoms with Gasteiger partial charge in [0, 0.05) is 95.9 Å². The van der Waals surface area contributed by atoms with Crippen LogP contribution in [0.5, 0.6) is 0 Å². The molecule has 35 nitrogen and oxygen atoms in total. The summed E-state index contributed by atoms with van der Waals surface area (Å²) < 4.78 is 72.3. The number of nitrogens with zero attached hydrogens (tertiary/aromatic N) is 21. The maximum atomic E-state index is 13.7. The zero-order valence-corrected chi connectivity index (χ0v) is 63.8. The number of carboxylic acid groups (broad SMARTS) is 1. The van der Waals surface area contributed by atoms with Gasteiger partial charge in [-0.05, 0) is 127 Å². The van der Waals surface area contributed by atoms with Crippen molar-refractivity contribution >= 4 is 56.7 Å². The number of aliphatic carboxylic acids is 1. The Bertz CT molecular complexity index is 3670. The Labute approximate surface area is 671 Å². The number of carbonyl (C=O) groups is 6. The topological polar surface area (TPSA) is 473 Å². The maximum Gasteiger partial charge on any atom is 0.377 e. The predicted molar refractivity (Wildman–Crippen MR) is 416 cm³/mol. The molecule has 0 aromatic carbocycles. The third kappa shape index (κ3) is 30.4. The highest BCUT2D eigenvalue weighted by atomic mass is 19.2. The fourth-order valence-corrected chi connectivity index (χ4v) is 16.7. The summed E-state index contributed by atoms with van der Waals surface area (Å²) >= 11 is 0. The molecule has 0 radical (unpaired) electrons. The lowest BCUT2D eigenvalue weighted by atomic mass is 9.82. The molecule has 0 spiro atoms. The molecule has 5 saturated heterocycles. The Morgan fingerprint density at radius 3 is 1.16 bits per heavy atom. The van der Waals surface area contributed by atoms with Gasteiger partial charge in [-0.1, -0.05) is 28.7 Å². The number of hydrogen-bond donors (Lipinski definition) is 8. The number of nitrogens with one attached hydrogen (secondary N) is 2. The zero-order chi connectivity index (χ0) is 81.1. The number of rotatable bonds is 25. The highest BCUT2D eigenvalue weighted by Crippen LogP contribution is 2.37. The number of amides is 5. The van der Waals surface area contributed by atoms with Gasteiger partial charge in [0.2, 0.25) is 29.5 Å². The van der Waals surface area contributed by atoms with Crippen molar-refractivity contribution in [1.29, 1.82) is 15.8 Å². The van der Waals surface area contributed by atoms with Crippen LogP contribution in [0, 0.1) is 63.6 Å². The first-order valence-electron chi connectivity index (χ1n) is 38.7. The van der Waals surface area contributed by atoms with Gasteiger partial charge in [0.1, 0.15) is 99.6 Å². The van der Waals surface area contributed by atoms with Crippen molar-refractivity contribution in [2.75, 3.05) is 52.4 Å². The van der Waals surface area contributed by atoms with Gasteiger partial charge in [-0.3, -0.25) is 52.8 Å². The van der Waals surface area contributed by atoms with E-state index in [1.807, 2.05) is 22.9 Å². The van der Waals surface area contributed by atoms with E-state index in [-0.39, 0.29) is 136 Å². The van der Waals surface area contributed by atoms with Crippen LogP contribution in [0.3, 0.4) is 0 Å². The zero-order valence-electron chi connectivity index (χ0n) is 63.8. The number of carboxylic acids is 1. The highest BCUT2D eigenvalue weighted by molar-refractivity contribution is 6.46. The van der Waals surface area contributed by atoms with E-state index >= 15 is 0 Å². The van der Waals surface area contributed by atoms with Crippen molar-refractivity contribution in [1.82, 2.24) is 98.8 Å². The second kappa shape index (κ2) is 48.2. The SMILES string of the molecule is C.C.C.CB(O)N(CC(=O)N1C[C@@H](F)C[C@H]1C#N)[C@@H]1CC[C@H](Cn2cncn2)C1.CB(O)N(CC(=O)N1C[C@@H](F)C[C@H]1C(N)=O)[C@@H]1CC[C@H](Cn2cncn2)C1.CB(O)N(CC(=O)O)[C@@H]1CC[C@H](Cn2cncn2)C1.N#C[C@@H]1C[C@H](F)CN1.N#C[C@@H]1C[C@H](F)CN1C(=O)CC[C@@H]1CC[C@H](Cn2cncn2)C1.NC(=O)[C@@H]1C[C@H](F)CN1. The molecule has 5 aliphatic heterocycles. The Hall–Kier alpha value is -8.63. The van der Waals surface area contributed by atoms with Gasteiger partial charge < -0.3 is 66.1 Å². The van der Waals surface area contributed by atoms with Crippen LogP contribution in [0.25, 0.3) is 0 Å². The normalized spacial score (nSPS) is 28.2. The molecule has 9 heterocycles. The largest absolute Gasteiger partial charge is 0.480 e. The molecule has 115 heavy (non-hydrogen) atoms. The van der Waals surface area contributed by atoms with E-state index in [0.29, 0.717) is 49.0 Å². The number of nitriles is 3. The molecule has 9 aliphatic rings. The van der Waals surface area contributed by atoms with Crippen molar-refractivity contribution in [3.63, 3.8) is 0 Å². The minimum atomic E-state index is -1.25. The van der Waals surface area contributed by atoms with Crippen LogP contribution in [0.1, 0.15) is 144 Å². The Morgan fingerprint density at radius 1 is 0.461 bits per heavy atom. The second-order valence-electron chi connectivity index (χ2n) is 30.8. The van der Waals surface area contributed by atoms with Crippen molar-refractivity contribution in [3.05, 3.63) is 50.6 Å². The van der Waals surface area contributed by atoms with E-state index < -0.39 is 94.0 Å². The van der Waals surface area contributed by atoms with Crippen LogP contribution in [-0.4, -0.2) is 297 Å². The van der Waals surface area contributed by atoms with Crippen LogP contribution in [0.15, 0.2) is 50.6 Å². The molecule has 0 bridgehead atoms. The van der Waals surface area contributed by atoms with Crippen molar-refractivity contribution < 1.29 is 70.9 Å². The Kier molecular flexibility index (Phi) is 40.6. The second-order valence-corrected chi connectivity index (χ2v) is 30.8. The molecule has 18 atom stereocenters. The average molecular weight is 1620 g/mol. The van der Waals surface area contributed by atoms with Gasteiger partial charge in [-0.15, -0.1) is 0 Å². The molecule has 5 amide bonds. The molecule has 43 heteroatoms. The van der Waals surface area contributed by atoms with Crippen LogP contribution in [0.2, 0.25) is 20.5 Å². The number of hydrogen-bond acceptors (Lipinski definition) is 25. The van der Waals surface area contributed by atoms with Crippen LogP contribution in [0.4, 0.5) is 22.0 Å². The summed E-state index contributed by atoms with van der Waals surface area (Å²) in [6.07, 6.45) is 21.3. The van der Waals surface area contributed by atoms with E-state index in [9.17, 15) is 65.8 Å². The summed E-state index contributed by atoms with van der Waals surface area (Å²) in [6.45, 7) is 8.43. The summed E-state index contributed by atoms with van der Waals surface area (Å²) in [5.74, 6) is -0.422. The van der Waals surface area contributed by atoms with Gasteiger partial charge in [-0.25, -0.2) is 41.9 Å². The number of halogens is 5. The Morgan fingerprint density at radius 2 is 0.826 bits per heavy atom. The molecule has 4 aliphatic carbocycles. The standard InChI is InChI=1S/C16H26BFN6O3.C16H24BFN6O2.C16H22FN5O.C11H19BN4O3.C5H9FN2O.C5H7FN2.3CH4/c1-17(27)24(8-15(25)23-7-12(18)5-14(23)16(19)26)13-3-2-11(4-13)6-22-10-20-9-21-22;1-17(26)24(9-16(25)23-8-13(18)5-15(23)6-19)14-3-2-12(4-14)7-22-11-20-10-21-22;17-14-6-15(7-18)22(9-14)16(23)4-3-12-1-2-13(5-12)8-21-11-19-10-20-21;1-12(19)16(6-11(17)18)10-3-2-9(4-10)5-15-8-13-7-14-15;6-3-1-4(5(7)9)8-2-3;6-4-1-5(2-7)8-3-4;;;/h9-14,27H,2-8H2,1H3,(H2,19,26);10-15,26H,2-5,7-9H2,1H3;10-15H,1-6,8-9H2;7-10,19H,2-6H2,1H3,(H,17,18);3-4,8H,1-2H2,(H2,7,9);4-5,8H,1,3H2;3*1H4/t11-,12-,13+,14-;12-,13-,14+,15-;12-,13-,14-,15-;9-,10+;3-,4-;4-,5-;;;/m000000.../s1. The van der Waals surface area contributed by atoms with Gasteiger partial charge in [0.05, 0.1) is 69.6 Å². The summed E-state index contributed by atoms with van der Waals surface area (Å²) in [4.78, 5) is 95.1. The van der Waals surface area contributed by atoms with Gasteiger partial charge >= 0.3 is 27.1 Å². The number of likely N-dealkylation sites (tertiary alicyclic amines) is 3. The quantitative estimate of drug-likeness (QED) is 0.0349. The Balaban J connectivity index is 0.000000255. The molecule has 13 rings (SSSR count). The van der Waals surface area contributed by atoms with E-state index in [0.717, 1.165) is 110 Å². The minimum absolute atomic E-state index is 0. The molecule has 4 saturated carbocycles. The average Bonchev–Trinajstić information content (AvgIpc) is 1.69. The lowest BCUT2D eigenvalue weighted by molar-refractivity contribution is -0.138. The molecule has 9 fully saturated rings. The van der Waals surface area contributed by atoms with E-state index in [1.54, 1.807) is 80.6 Å². The van der Waals surface area contributed by atoms with Gasteiger partial charge in [-0.2, -0.15) is 36.2 Å². The van der Waals surface area contributed by atoms with E-state index in [1.165, 1.54) is 33.7 Å². The van der Waals surface area contributed by atoms with Crippen molar-refractivity contribution in [2.45, 2.75) is 270 Å². The maximum absolute atomic E-state index is 13.7. The van der Waals surface area contributed by atoms with Crippen LogP contribution >= 0.6 is 0 Å². The lowest BCUT2D eigenvalue weighted by Crippen LogP contribution is -2.52. The fourth-order valence-electron chi connectivity index (χ4n) is 16.7. The monoisotopic (exact) mass is 1620 g/mol. The molecular weight excluding hydrogens is 1500 g/mol. The number of aromatic nitrogens is 12. The summed E-state index contributed by atoms with van der Waals surface area (Å²) in [6, 6.07) is 3.33.